The lowest BCUT2D eigenvalue weighted by molar-refractivity contribution is 0.591. The fourth-order valence-electron chi connectivity index (χ4n) is 2.03. The number of hydrogen-bond acceptors (Lipinski definition) is 2. The second kappa shape index (κ2) is 7.14. The van der Waals surface area contributed by atoms with E-state index in [0.717, 1.165) is 5.56 Å². The maximum atomic E-state index is 12.6. The van der Waals surface area contributed by atoms with Gasteiger partial charge in [-0.1, -0.05) is 69.5 Å². The lowest BCUT2D eigenvalue weighted by atomic mass is 10.0. The second-order valence-corrected chi connectivity index (χ2v) is 8.11. The summed E-state index contributed by atoms with van der Waals surface area (Å²) in [5, 5.41) is 1.10. The van der Waals surface area contributed by atoms with E-state index in [0.29, 0.717) is 10.4 Å². The average molecular weight is 408 g/mol. The van der Waals surface area contributed by atoms with Crippen LogP contribution in [0.2, 0.25) is 10.0 Å². The first-order valence-electron chi connectivity index (χ1n) is 6.23. The van der Waals surface area contributed by atoms with Crippen LogP contribution < -0.4 is 0 Å². The molecule has 2 nitrogen and oxygen atoms in total. The van der Waals surface area contributed by atoms with Crippen molar-refractivity contribution in [2.24, 2.45) is 0 Å². The van der Waals surface area contributed by atoms with Gasteiger partial charge in [0.05, 0.1) is 15.7 Å². The number of alkyl halides is 1. The highest BCUT2D eigenvalue weighted by atomic mass is 79.9. The van der Waals surface area contributed by atoms with E-state index in [2.05, 4.69) is 15.9 Å². The van der Waals surface area contributed by atoms with Gasteiger partial charge in [0, 0.05) is 16.3 Å². The lowest BCUT2D eigenvalue weighted by Gasteiger charge is -2.15. The molecule has 6 heteroatoms. The van der Waals surface area contributed by atoms with E-state index in [4.69, 9.17) is 23.2 Å². The summed E-state index contributed by atoms with van der Waals surface area (Å²) in [7, 11) is -3.52. The zero-order chi connectivity index (χ0) is 15.5. The van der Waals surface area contributed by atoms with Gasteiger partial charge in [0.2, 0.25) is 0 Å². The van der Waals surface area contributed by atoms with Crippen LogP contribution in [0.5, 0.6) is 0 Å². The minimum absolute atomic E-state index is 0.0255. The Labute approximate surface area is 143 Å². The van der Waals surface area contributed by atoms with Gasteiger partial charge in [-0.2, -0.15) is 0 Å². The van der Waals surface area contributed by atoms with Gasteiger partial charge in [0.15, 0.2) is 9.84 Å². The van der Waals surface area contributed by atoms with E-state index in [1.807, 2.05) is 30.3 Å². The Morgan fingerprint density at radius 1 is 1.05 bits per heavy atom. The van der Waals surface area contributed by atoms with E-state index in [1.165, 1.54) is 12.1 Å². The summed E-state index contributed by atoms with van der Waals surface area (Å²) < 4.78 is 25.2. The molecule has 21 heavy (non-hydrogen) atoms. The maximum absolute atomic E-state index is 12.6. The average Bonchev–Trinajstić information content (AvgIpc) is 2.48. The maximum Gasteiger partial charge on any atom is 0.180 e. The molecule has 0 heterocycles. The van der Waals surface area contributed by atoms with Crippen LogP contribution in [-0.2, 0) is 9.84 Å². The summed E-state index contributed by atoms with van der Waals surface area (Å²) in [4.78, 5) is 0.0820. The second-order valence-electron chi connectivity index (χ2n) is 4.62. The van der Waals surface area contributed by atoms with Crippen LogP contribution in [0.25, 0.3) is 0 Å². The molecule has 0 radical (unpaired) electrons. The molecule has 112 valence electrons. The molecule has 0 aromatic heterocycles. The van der Waals surface area contributed by atoms with Crippen molar-refractivity contribution in [3.05, 3.63) is 64.1 Å². The van der Waals surface area contributed by atoms with Crippen LogP contribution in [0.3, 0.4) is 0 Å². The summed E-state index contributed by atoms with van der Waals surface area (Å²) >= 11 is 15.3. The molecule has 0 aliphatic rings. The van der Waals surface area contributed by atoms with Crippen LogP contribution in [0, 0.1) is 0 Å². The van der Waals surface area contributed by atoms with Crippen molar-refractivity contribution in [1.82, 2.24) is 0 Å². The van der Waals surface area contributed by atoms with Gasteiger partial charge in [-0.3, -0.25) is 0 Å². The van der Waals surface area contributed by atoms with Crippen molar-refractivity contribution in [1.29, 1.82) is 0 Å². The van der Waals surface area contributed by atoms with Crippen LogP contribution >= 0.6 is 39.1 Å². The number of sulfone groups is 1. The highest BCUT2D eigenvalue weighted by Gasteiger charge is 2.24. The van der Waals surface area contributed by atoms with E-state index in [1.54, 1.807) is 6.07 Å². The van der Waals surface area contributed by atoms with Gasteiger partial charge in [-0.25, -0.2) is 8.42 Å². The molecule has 2 aromatic rings. The fraction of sp³-hybridized carbons (Fsp3) is 0.200. The number of benzene rings is 2. The molecule has 0 aliphatic carbocycles. The van der Waals surface area contributed by atoms with E-state index in [9.17, 15) is 8.42 Å². The highest BCUT2D eigenvalue weighted by molar-refractivity contribution is 9.09. The Balaban J connectivity index is 2.34. The van der Waals surface area contributed by atoms with Crippen LogP contribution in [0.15, 0.2) is 53.4 Å². The number of rotatable bonds is 5. The van der Waals surface area contributed by atoms with Crippen molar-refractivity contribution in [3.8, 4) is 0 Å². The van der Waals surface area contributed by atoms with Crippen LogP contribution in [0.1, 0.15) is 11.5 Å². The van der Waals surface area contributed by atoms with Gasteiger partial charge in [0.1, 0.15) is 0 Å². The summed E-state index contributed by atoms with van der Waals surface area (Å²) in [6.45, 7) is 0. The molecule has 0 fully saturated rings. The lowest BCUT2D eigenvalue weighted by Crippen LogP contribution is -2.16. The minimum Gasteiger partial charge on any atom is -0.224 e. The van der Waals surface area contributed by atoms with Crippen molar-refractivity contribution in [3.63, 3.8) is 0 Å². The zero-order valence-electron chi connectivity index (χ0n) is 11.0. The summed E-state index contributed by atoms with van der Waals surface area (Å²) in [5.74, 6) is -0.172. The molecule has 2 aromatic carbocycles. The van der Waals surface area contributed by atoms with E-state index < -0.39 is 9.84 Å². The standard InChI is InChI=1S/C15H13BrCl2O2S/c16-9-12(11-4-2-1-3-5-11)10-21(19,20)15-8-13(17)6-7-14(15)18/h1-8,12H,9-10H2. The van der Waals surface area contributed by atoms with Crippen molar-refractivity contribution < 1.29 is 8.42 Å². The van der Waals surface area contributed by atoms with E-state index in [-0.39, 0.29) is 21.6 Å². The topological polar surface area (TPSA) is 34.1 Å². The normalized spacial score (nSPS) is 13.1. The Morgan fingerprint density at radius 3 is 2.33 bits per heavy atom. The third kappa shape index (κ3) is 4.22. The van der Waals surface area contributed by atoms with Crippen molar-refractivity contribution >= 4 is 49.0 Å². The molecule has 0 aliphatic heterocycles. The monoisotopic (exact) mass is 406 g/mol. The Bertz CT molecular complexity index is 718. The quantitative estimate of drug-likeness (QED) is 0.657. The SMILES string of the molecule is O=S(=O)(CC(CBr)c1ccccc1)c1cc(Cl)ccc1Cl. The molecule has 1 atom stereocenters. The molecule has 1 unspecified atom stereocenters. The van der Waals surface area contributed by atoms with Gasteiger partial charge in [0.25, 0.3) is 0 Å². The molecule has 0 saturated carbocycles. The third-order valence-electron chi connectivity index (χ3n) is 3.11. The molecule has 2 rings (SSSR count). The largest absolute Gasteiger partial charge is 0.224 e. The van der Waals surface area contributed by atoms with Crippen molar-refractivity contribution in [2.45, 2.75) is 10.8 Å². The van der Waals surface area contributed by atoms with Gasteiger partial charge in [-0.05, 0) is 23.8 Å². The first kappa shape index (κ1) is 16.8. The molecule has 0 saturated heterocycles. The molecule has 0 spiro atoms. The van der Waals surface area contributed by atoms with Gasteiger partial charge < -0.3 is 0 Å². The Kier molecular flexibility index (Phi) is 5.72. The first-order valence-corrected chi connectivity index (χ1v) is 9.75. The van der Waals surface area contributed by atoms with Gasteiger partial charge >= 0.3 is 0 Å². The van der Waals surface area contributed by atoms with E-state index >= 15 is 0 Å². The highest BCUT2D eigenvalue weighted by Crippen LogP contribution is 2.29. The predicted molar refractivity (Wildman–Crippen MR) is 91.5 cm³/mol. The molecular formula is C15H13BrCl2O2S. The third-order valence-corrected chi connectivity index (χ3v) is 6.41. The Hall–Kier alpha value is -0.550. The first-order chi connectivity index (χ1) is 9.94. The fourth-order valence-corrected chi connectivity index (χ4v) is 5.33. The Morgan fingerprint density at radius 2 is 1.71 bits per heavy atom. The smallest absolute Gasteiger partial charge is 0.180 e. The minimum atomic E-state index is -3.52. The molecule has 0 N–H and O–H groups in total. The molecule has 0 amide bonds. The summed E-state index contributed by atoms with van der Waals surface area (Å²) in [6, 6.07) is 14.0. The zero-order valence-corrected chi connectivity index (χ0v) is 14.9. The summed E-state index contributed by atoms with van der Waals surface area (Å²) in [5.41, 5.74) is 0.969. The molecule has 0 bridgehead atoms. The number of halogens is 3. The van der Waals surface area contributed by atoms with Crippen LogP contribution in [-0.4, -0.2) is 19.5 Å². The van der Waals surface area contributed by atoms with Crippen molar-refractivity contribution in [2.75, 3.05) is 11.1 Å². The van der Waals surface area contributed by atoms with Crippen LogP contribution in [0.4, 0.5) is 0 Å². The predicted octanol–water partition coefficient (Wildman–Crippen LogP) is 4.95. The summed E-state index contributed by atoms with van der Waals surface area (Å²) in [6.07, 6.45) is 0. The number of hydrogen-bond donors (Lipinski definition) is 0. The van der Waals surface area contributed by atoms with Gasteiger partial charge in [-0.15, -0.1) is 0 Å². The molecular weight excluding hydrogens is 395 g/mol.